The number of rotatable bonds is 5. The SMILES string of the molecule is O=C(NCCCN1CCc2ccccc2C1)c1cc(Br)ccc1Cl. The maximum absolute atomic E-state index is 12.2. The van der Waals surface area contributed by atoms with E-state index in [-0.39, 0.29) is 5.91 Å². The van der Waals surface area contributed by atoms with Gasteiger partial charge in [-0.15, -0.1) is 0 Å². The first-order valence-corrected chi connectivity index (χ1v) is 9.33. The highest BCUT2D eigenvalue weighted by atomic mass is 79.9. The van der Waals surface area contributed by atoms with Crippen molar-refractivity contribution >= 4 is 33.4 Å². The van der Waals surface area contributed by atoms with Crippen LogP contribution in [0.5, 0.6) is 0 Å². The van der Waals surface area contributed by atoms with Gasteiger partial charge in [-0.3, -0.25) is 9.69 Å². The number of halogens is 2. The van der Waals surface area contributed by atoms with E-state index in [9.17, 15) is 4.79 Å². The molecule has 0 saturated carbocycles. The molecule has 1 N–H and O–H groups in total. The third-order valence-corrected chi connectivity index (χ3v) is 5.14. The smallest absolute Gasteiger partial charge is 0.252 e. The number of amides is 1. The predicted octanol–water partition coefficient (Wildman–Crippen LogP) is 4.28. The maximum atomic E-state index is 12.2. The maximum Gasteiger partial charge on any atom is 0.252 e. The van der Waals surface area contributed by atoms with E-state index < -0.39 is 0 Å². The second-order valence-corrected chi connectivity index (χ2v) is 7.35. The number of carbonyl (C=O) groups excluding carboxylic acids is 1. The van der Waals surface area contributed by atoms with E-state index in [2.05, 4.69) is 50.4 Å². The van der Waals surface area contributed by atoms with Crippen LogP contribution in [0.15, 0.2) is 46.9 Å². The third kappa shape index (κ3) is 4.38. The molecule has 0 aromatic heterocycles. The first kappa shape index (κ1) is 17.5. The lowest BCUT2D eigenvalue weighted by atomic mass is 10.00. The van der Waals surface area contributed by atoms with Crippen LogP contribution in [0.3, 0.4) is 0 Å². The molecule has 1 aliphatic heterocycles. The van der Waals surface area contributed by atoms with Gasteiger partial charge in [0.1, 0.15) is 0 Å². The minimum atomic E-state index is -0.120. The Kier molecular flexibility index (Phi) is 5.93. The van der Waals surface area contributed by atoms with Crippen LogP contribution in [-0.4, -0.2) is 30.4 Å². The molecule has 1 amide bonds. The lowest BCUT2D eigenvalue weighted by Crippen LogP contribution is -2.33. The van der Waals surface area contributed by atoms with Crippen LogP contribution in [0.1, 0.15) is 27.9 Å². The van der Waals surface area contributed by atoms with Crippen LogP contribution in [0.2, 0.25) is 5.02 Å². The zero-order valence-electron chi connectivity index (χ0n) is 13.4. The van der Waals surface area contributed by atoms with E-state index in [1.54, 1.807) is 12.1 Å². The topological polar surface area (TPSA) is 32.3 Å². The molecule has 0 fully saturated rings. The van der Waals surface area contributed by atoms with Gasteiger partial charge in [-0.2, -0.15) is 0 Å². The Morgan fingerprint density at radius 2 is 2.00 bits per heavy atom. The second kappa shape index (κ2) is 8.15. The van der Waals surface area contributed by atoms with Crippen LogP contribution in [0, 0.1) is 0 Å². The van der Waals surface area contributed by atoms with Crippen LogP contribution >= 0.6 is 27.5 Å². The lowest BCUT2D eigenvalue weighted by Gasteiger charge is -2.28. The summed E-state index contributed by atoms with van der Waals surface area (Å²) in [6.45, 7) is 3.73. The Morgan fingerprint density at radius 3 is 2.83 bits per heavy atom. The fourth-order valence-electron chi connectivity index (χ4n) is 3.02. The van der Waals surface area contributed by atoms with E-state index in [1.165, 1.54) is 11.1 Å². The summed E-state index contributed by atoms with van der Waals surface area (Å²) >= 11 is 9.45. The Labute approximate surface area is 156 Å². The van der Waals surface area contributed by atoms with Crippen molar-refractivity contribution < 1.29 is 4.79 Å². The molecule has 2 aromatic carbocycles. The summed E-state index contributed by atoms with van der Waals surface area (Å²) in [5, 5.41) is 3.43. The van der Waals surface area contributed by atoms with Crippen molar-refractivity contribution in [2.45, 2.75) is 19.4 Å². The number of fused-ring (bicyclic) bond motifs is 1. The van der Waals surface area contributed by atoms with Crippen molar-refractivity contribution in [1.29, 1.82) is 0 Å². The molecule has 3 nitrogen and oxygen atoms in total. The van der Waals surface area contributed by atoms with Gasteiger partial charge in [0.05, 0.1) is 10.6 Å². The molecular formula is C19H20BrClN2O. The predicted molar refractivity (Wildman–Crippen MR) is 102 cm³/mol. The molecule has 0 atom stereocenters. The highest BCUT2D eigenvalue weighted by Crippen LogP contribution is 2.21. The molecule has 0 spiro atoms. The Morgan fingerprint density at radius 1 is 1.21 bits per heavy atom. The van der Waals surface area contributed by atoms with Gasteiger partial charge >= 0.3 is 0 Å². The monoisotopic (exact) mass is 406 g/mol. The molecule has 0 radical (unpaired) electrons. The number of carbonyl (C=O) groups is 1. The largest absolute Gasteiger partial charge is 0.352 e. The van der Waals surface area contributed by atoms with E-state index >= 15 is 0 Å². The fourth-order valence-corrected chi connectivity index (χ4v) is 3.58. The van der Waals surface area contributed by atoms with Crippen LogP contribution < -0.4 is 5.32 Å². The zero-order chi connectivity index (χ0) is 16.9. The summed E-state index contributed by atoms with van der Waals surface area (Å²) in [6, 6.07) is 13.9. The van der Waals surface area contributed by atoms with E-state index in [1.807, 2.05) is 6.07 Å². The van der Waals surface area contributed by atoms with Crippen molar-refractivity contribution in [2.24, 2.45) is 0 Å². The number of hydrogen-bond acceptors (Lipinski definition) is 2. The van der Waals surface area contributed by atoms with Gasteiger partial charge in [0.25, 0.3) is 5.91 Å². The Balaban J connectivity index is 1.44. The molecule has 1 aliphatic rings. The number of nitrogens with one attached hydrogen (secondary N) is 1. The van der Waals surface area contributed by atoms with Gasteiger partial charge in [0, 0.05) is 30.7 Å². The Bertz CT molecular complexity index is 735. The molecule has 2 aromatic rings. The van der Waals surface area contributed by atoms with Crippen molar-refractivity contribution in [3.8, 4) is 0 Å². The molecule has 5 heteroatoms. The second-order valence-electron chi connectivity index (χ2n) is 6.03. The van der Waals surface area contributed by atoms with Crippen molar-refractivity contribution in [1.82, 2.24) is 10.2 Å². The average molecular weight is 408 g/mol. The minimum absolute atomic E-state index is 0.120. The normalized spacial score (nSPS) is 14.2. The summed E-state index contributed by atoms with van der Waals surface area (Å²) in [4.78, 5) is 14.6. The summed E-state index contributed by atoms with van der Waals surface area (Å²) in [5.41, 5.74) is 3.40. The van der Waals surface area contributed by atoms with Gasteiger partial charge < -0.3 is 5.32 Å². The van der Waals surface area contributed by atoms with Crippen LogP contribution in [-0.2, 0) is 13.0 Å². The summed E-state index contributed by atoms with van der Waals surface area (Å²) in [6.07, 6.45) is 2.04. The minimum Gasteiger partial charge on any atom is -0.352 e. The molecule has 3 rings (SSSR count). The molecule has 0 unspecified atom stereocenters. The number of hydrogen-bond donors (Lipinski definition) is 1. The highest BCUT2D eigenvalue weighted by Gasteiger charge is 2.15. The van der Waals surface area contributed by atoms with Gasteiger partial charge in [0.2, 0.25) is 0 Å². The summed E-state index contributed by atoms with van der Waals surface area (Å²) < 4.78 is 0.851. The summed E-state index contributed by atoms with van der Waals surface area (Å²) in [5.74, 6) is -0.120. The van der Waals surface area contributed by atoms with Gasteiger partial charge in [-0.25, -0.2) is 0 Å². The zero-order valence-corrected chi connectivity index (χ0v) is 15.7. The number of nitrogens with zero attached hydrogens (tertiary/aromatic N) is 1. The first-order valence-electron chi connectivity index (χ1n) is 8.16. The molecular weight excluding hydrogens is 388 g/mol. The molecule has 0 aliphatic carbocycles. The molecule has 126 valence electrons. The highest BCUT2D eigenvalue weighted by molar-refractivity contribution is 9.10. The van der Waals surface area contributed by atoms with Gasteiger partial charge in [0.15, 0.2) is 0 Å². The first-order chi connectivity index (χ1) is 11.6. The fraction of sp³-hybridized carbons (Fsp3) is 0.316. The van der Waals surface area contributed by atoms with E-state index in [0.717, 1.165) is 36.9 Å². The Hall–Kier alpha value is -1.36. The lowest BCUT2D eigenvalue weighted by molar-refractivity contribution is 0.0951. The standard InChI is InChI=1S/C19H20BrClN2O/c20-16-6-7-18(21)17(12-16)19(24)22-9-3-10-23-11-8-14-4-1-2-5-15(14)13-23/h1-2,4-7,12H,3,8-11,13H2,(H,22,24). The van der Waals surface area contributed by atoms with Gasteiger partial charge in [-0.1, -0.05) is 51.8 Å². The molecule has 0 saturated heterocycles. The summed E-state index contributed by atoms with van der Waals surface area (Å²) in [7, 11) is 0. The van der Waals surface area contributed by atoms with Crippen molar-refractivity contribution in [2.75, 3.05) is 19.6 Å². The third-order valence-electron chi connectivity index (χ3n) is 4.32. The average Bonchev–Trinajstić information content (AvgIpc) is 2.60. The molecule has 24 heavy (non-hydrogen) atoms. The molecule has 1 heterocycles. The van der Waals surface area contributed by atoms with Gasteiger partial charge in [-0.05, 0) is 42.2 Å². The van der Waals surface area contributed by atoms with Crippen LogP contribution in [0.25, 0.3) is 0 Å². The van der Waals surface area contributed by atoms with Crippen LogP contribution in [0.4, 0.5) is 0 Å². The molecule has 0 bridgehead atoms. The van der Waals surface area contributed by atoms with Crippen molar-refractivity contribution in [3.63, 3.8) is 0 Å². The number of benzene rings is 2. The van der Waals surface area contributed by atoms with E-state index in [4.69, 9.17) is 11.6 Å². The van der Waals surface area contributed by atoms with E-state index in [0.29, 0.717) is 17.1 Å². The quantitative estimate of drug-likeness (QED) is 0.750. The van der Waals surface area contributed by atoms with Crippen molar-refractivity contribution in [3.05, 3.63) is 68.7 Å².